The zero-order valence-electron chi connectivity index (χ0n) is 11.1. The molecule has 0 saturated carbocycles. The summed E-state index contributed by atoms with van der Waals surface area (Å²) in [6.07, 6.45) is 6.64. The van der Waals surface area contributed by atoms with Gasteiger partial charge in [0, 0.05) is 18.4 Å². The van der Waals surface area contributed by atoms with Gasteiger partial charge in [-0.25, -0.2) is 8.42 Å². The van der Waals surface area contributed by atoms with Crippen molar-refractivity contribution in [1.29, 1.82) is 0 Å². The fraction of sp³-hybridized carbons (Fsp3) is 0.615. The Kier molecular flexibility index (Phi) is 5.75. The highest BCUT2D eigenvalue weighted by Crippen LogP contribution is 2.14. The van der Waals surface area contributed by atoms with Crippen LogP contribution in [0.3, 0.4) is 0 Å². The smallest absolute Gasteiger partial charge is 0.179 e. The van der Waals surface area contributed by atoms with Gasteiger partial charge in [-0.05, 0) is 37.8 Å². The maximum absolute atomic E-state index is 12.1. The number of hydrogen-bond donors (Lipinski definition) is 1. The summed E-state index contributed by atoms with van der Waals surface area (Å²) in [4.78, 5) is 4.34. The molecule has 1 heterocycles. The van der Waals surface area contributed by atoms with Crippen LogP contribution < -0.4 is 5.73 Å². The molecule has 1 unspecified atom stereocenters. The highest BCUT2D eigenvalue weighted by molar-refractivity contribution is 7.91. The molecule has 1 aromatic rings. The van der Waals surface area contributed by atoms with Crippen molar-refractivity contribution in [2.24, 2.45) is 5.73 Å². The molecule has 0 saturated heterocycles. The first-order valence-corrected chi connectivity index (χ1v) is 8.03. The van der Waals surface area contributed by atoms with E-state index in [9.17, 15) is 8.42 Å². The second kappa shape index (κ2) is 6.85. The van der Waals surface area contributed by atoms with Gasteiger partial charge in [0.25, 0.3) is 0 Å². The van der Waals surface area contributed by atoms with Gasteiger partial charge >= 0.3 is 0 Å². The predicted molar refractivity (Wildman–Crippen MR) is 73.2 cm³/mol. The Morgan fingerprint density at radius 1 is 1.39 bits per heavy atom. The molecule has 0 aliphatic rings. The van der Waals surface area contributed by atoms with Crippen LogP contribution in [0.15, 0.2) is 23.4 Å². The van der Waals surface area contributed by atoms with Gasteiger partial charge in [-0.1, -0.05) is 13.3 Å². The van der Waals surface area contributed by atoms with Gasteiger partial charge in [-0.15, -0.1) is 0 Å². The number of aryl methyl sites for hydroxylation is 1. The van der Waals surface area contributed by atoms with Gasteiger partial charge in [-0.3, -0.25) is 4.98 Å². The van der Waals surface area contributed by atoms with Crippen LogP contribution >= 0.6 is 0 Å². The summed E-state index contributed by atoms with van der Waals surface area (Å²) >= 11 is 0. The lowest BCUT2D eigenvalue weighted by Crippen LogP contribution is -2.20. The molecule has 2 N–H and O–H groups in total. The largest absolute Gasteiger partial charge is 0.328 e. The van der Waals surface area contributed by atoms with Crippen LogP contribution in [0.1, 0.15) is 38.7 Å². The number of sulfone groups is 1. The average Bonchev–Trinajstić information content (AvgIpc) is 2.34. The van der Waals surface area contributed by atoms with Gasteiger partial charge in [-0.2, -0.15) is 0 Å². The van der Waals surface area contributed by atoms with E-state index in [1.54, 1.807) is 12.3 Å². The molecule has 1 aromatic heterocycles. The van der Waals surface area contributed by atoms with Crippen LogP contribution in [0.2, 0.25) is 0 Å². The summed E-state index contributed by atoms with van der Waals surface area (Å²) in [5.41, 5.74) is 6.58. The molecule has 0 radical (unpaired) electrons. The Bertz CT molecular complexity index is 470. The van der Waals surface area contributed by atoms with Crippen molar-refractivity contribution in [3.05, 3.63) is 24.0 Å². The minimum Gasteiger partial charge on any atom is -0.328 e. The van der Waals surface area contributed by atoms with Crippen molar-refractivity contribution in [3.8, 4) is 0 Å². The SMILES string of the molecule is CCCCc1cncc(S(=O)(=O)CCC(C)N)c1. The van der Waals surface area contributed by atoms with Crippen LogP contribution in [0.5, 0.6) is 0 Å². The summed E-state index contributed by atoms with van der Waals surface area (Å²) in [7, 11) is -3.25. The maximum Gasteiger partial charge on any atom is 0.179 e. The normalized spacial score (nSPS) is 13.5. The van der Waals surface area contributed by atoms with E-state index in [-0.39, 0.29) is 11.8 Å². The van der Waals surface area contributed by atoms with E-state index < -0.39 is 9.84 Å². The Morgan fingerprint density at radius 3 is 2.72 bits per heavy atom. The van der Waals surface area contributed by atoms with Gasteiger partial charge in [0.05, 0.1) is 10.6 Å². The van der Waals surface area contributed by atoms with Gasteiger partial charge in [0.2, 0.25) is 0 Å². The van der Waals surface area contributed by atoms with E-state index >= 15 is 0 Å². The van der Waals surface area contributed by atoms with Crippen LogP contribution in [-0.2, 0) is 16.3 Å². The Balaban J connectivity index is 2.81. The molecule has 0 amide bonds. The van der Waals surface area contributed by atoms with E-state index in [2.05, 4.69) is 11.9 Å². The van der Waals surface area contributed by atoms with Crippen LogP contribution in [-0.4, -0.2) is 25.2 Å². The summed E-state index contributed by atoms with van der Waals surface area (Å²) in [6, 6.07) is 1.63. The molecule has 18 heavy (non-hydrogen) atoms. The zero-order chi connectivity index (χ0) is 13.6. The predicted octanol–water partition coefficient (Wildman–Crippen LogP) is 1.94. The summed E-state index contributed by atoms with van der Waals surface area (Å²) in [5.74, 6) is 0.0869. The molecular formula is C13H22N2O2S. The van der Waals surface area contributed by atoms with Crippen molar-refractivity contribution in [2.45, 2.75) is 50.5 Å². The van der Waals surface area contributed by atoms with Gasteiger partial charge in [0.1, 0.15) is 0 Å². The van der Waals surface area contributed by atoms with E-state index in [0.29, 0.717) is 11.3 Å². The third-order valence-corrected chi connectivity index (χ3v) is 4.50. The molecule has 0 bridgehead atoms. The monoisotopic (exact) mass is 270 g/mol. The van der Waals surface area contributed by atoms with Crippen molar-refractivity contribution < 1.29 is 8.42 Å². The molecule has 1 atom stereocenters. The standard InChI is InChI=1S/C13H22N2O2S/c1-3-4-5-12-8-13(10-15-9-12)18(16,17)7-6-11(2)14/h8-11H,3-7,14H2,1-2H3. The zero-order valence-corrected chi connectivity index (χ0v) is 11.9. The second-order valence-corrected chi connectivity index (χ2v) is 6.83. The second-order valence-electron chi connectivity index (χ2n) is 4.72. The lowest BCUT2D eigenvalue weighted by molar-refractivity contribution is 0.587. The van der Waals surface area contributed by atoms with E-state index in [4.69, 9.17) is 5.73 Å². The summed E-state index contributed by atoms with van der Waals surface area (Å²) in [5, 5.41) is 0. The average molecular weight is 270 g/mol. The van der Waals surface area contributed by atoms with Crippen LogP contribution in [0, 0.1) is 0 Å². The van der Waals surface area contributed by atoms with E-state index in [0.717, 1.165) is 24.8 Å². The lowest BCUT2D eigenvalue weighted by Gasteiger charge is -2.08. The molecule has 4 nitrogen and oxygen atoms in total. The van der Waals surface area contributed by atoms with Gasteiger partial charge in [0.15, 0.2) is 9.84 Å². The molecular weight excluding hydrogens is 248 g/mol. The fourth-order valence-electron chi connectivity index (χ4n) is 1.61. The minimum absolute atomic E-state index is 0.0869. The number of pyridine rings is 1. The number of rotatable bonds is 7. The molecule has 0 aromatic carbocycles. The number of aromatic nitrogens is 1. The quantitative estimate of drug-likeness (QED) is 0.821. The molecule has 0 aliphatic heterocycles. The van der Waals surface area contributed by atoms with Crippen molar-refractivity contribution >= 4 is 9.84 Å². The molecule has 0 spiro atoms. The Hall–Kier alpha value is -0.940. The summed E-state index contributed by atoms with van der Waals surface area (Å²) in [6.45, 7) is 3.92. The maximum atomic E-state index is 12.1. The molecule has 0 fully saturated rings. The first-order valence-electron chi connectivity index (χ1n) is 6.38. The number of hydrogen-bond acceptors (Lipinski definition) is 4. The van der Waals surface area contributed by atoms with E-state index in [1.165, 1.54) is 6.20 Å². The van der Waals surface area contributed by atoms with Crippen LogP contribution in [0.4, 0.5) is 0 Å². The number of nitrogens with zero attached hydrogens (tertiary/aromatic N) is 1. The first kappa shape index (κ1) is 15.1. The molecule has 0 aliphatic carbocycles. The molecule has 1 rings (SSSR count). The van der Waals surface area contributed by atoms with Crippen molar-refractivity contribution in [3.63, 3.8) is 0 Å². The summed E-state index contributed by atoms with van der Waals surface area (Å²) < 4.78 is 24.1. The highest BCUT2D eigenvalue weighted by Gasteiger charge is 2.15. The number of nitrogens with two attached hydrogens (primary N) is 1. The van der Waals surface area contributed by atoms with Crippen molar-refractivity contribution in [2.75, 3.05) is 5.75 Å². The minimum atomic E-state index is -3.25. The van der Waals surface area contributed by atoms with E-state index in [1.807, 2.05) is 6.92 Å². The lowest BCUT2D eigenvalue weighted by atomic mass is 10.1. The Labute approximate surface area is 110 Å². The Morgan fingerprint density at radius 2 is 2.11 bits per heavy atom. The molecule has 5 heteroatoms. The number of unbranched alkanes of at least 4 members (excludes halogenated alkanes) is 1. The highest BCUT2D eigenvalue weighted by atomic mass is 32.2. The molecule has 102 valence electrons. The topological polar surface area (TPSA) is 73.0 Å². The third kappa shape index (κ3) is 4.74. The third-order valence-electron chi connectivity index (χ3n) is 2.79. The first-order chi connectivity index (χ1) is 8.45. The van der Waals surface area contributed by atoms with Gasteiger partial charge < -0.3 is 5.73 Å². The fourth-order valence-corrected chi connectivity index (χ4v) is 3.08. The van der Waals surface area contributed by atoms with Crippen molar-refractivity contribution in [1.82, 2.24) is 4.98 Å². The van der Waals surface area contributed by atoms with Crippen LogP contribution in [0.25, 0.3) is 0 Å².